The van der Waals surface area contributed by atoms with Gasteiger partial charge in [0.2, 0.25) is 5.12 Å². The maximum Gasteiger partial charge on any atom is 0.337 e. The van der Waals surface area contributed by atoms with Gasteiger partial charge in [0, 0.05) is 11.8 Å². The molecular formula is C27H35NO3S. The van der Waals surface area contributed by atoms with Crippen molar-refractivity contribution < 1.29 is 14.7 Å². The number of unbranched alkanes of at least 4 members (excludes halogenated alkanes) is 3. The number of carbonyl (C=O) groups excluding carboxylic acids is 1. The monoisotopic (exact) mass is 453 g/mol. The fourth-order valence-corrected chi connectivity index (χ4v) is 5.25. The molecule has 172 valence electrons. The minimum absolute atomic E-state index is 0.0203. The third-order valence-electron chi connectivity index (χ3n) is 6.78. The van der Waals surface area contributed by atoms with E-state index < -0.39 is 5.97 Å². The Bertz CT molecular complexity index is 993. The second kappa shape index (κ2) is 9.78. The highest BCUT2D eigenvalue weighted by Gasteiger charge is 2.38. The average Bonchev–Trinajstić information content (AvgIpc) is 2.74. The predicted octanol–water partition coefficient (Wildman–Crippen LogP) is 7.18. The predicted molar refractivity (Wildman–Crippen MR) is 131 cm³/mol. The van der Waals surface area contributed by atoms with Gasteiger partial charge in [-0.2, -0.15) is 0 Å². The van der Waals surface area contributed by atoms with Gasteiger partial charge in [-0.25, -0.2) is 9.78 Å². The number of aromatic carboxylic acids is 1. The number of fused-ring (bicyclic) bond motifs is 1. The van der Waals surface area contributed by atoms with Crippen molar-refractivity contribution in [2.24, 2.45) is 0 Å². The molecule has 1 aliphatic carbocycles. The van der Waals surface area contributed by atoms with Crippen molar-refractivity contribution in [2.75, 3.05) is 0 Å². The standard InChI is InChI=1S/C27H35NO3S/c1-6-7-8-9-10-18-15-21-22(27(4,5)14-13-26(21,2)3)16-20(18)25(31)32-23-12-11-19(17-28-23)24(29)30/h11-12,15-17H,6-10,13-14H2,1-5H3,(H,29,30). The van der Waals surface area contributed by atoms with Crippen LogP contribution in [0.4, 0.5) is 0 Å². The Balaban J connectivity index is 1.97. The van der Waals surface area contributed by atoms with E-state index in [1.54, 1.807) is 6.07 Å². The van der Waals surface area contributed by atoms with Gasteiger partial charge in [-0.05, 0) is 83.2 Å². The van der Waals surface area contributed by atoms with E-state index in [-0.39, 0.29) is 21.5 Å². The van der Waals surface area contributed by atoms with E-state index >= 15 is 0 Å². The summed E-state index contributed by atoms with van der Waals surface area (Å²) in [6.45, 7) is 11.4. The molecular weight excluding hydrogens is 418 g/mol. The summed E-state index contributed by atoms with van der Waals surface area (Å²) in [5, 5.41) is 9.58. The summed E-state index contributed by atoms with van der Waals surface area (Å²) in [7, 11) is 0. The number of carbonyl (C=O) groups is 2. The summed E-state index contributed by atoms with van der Waals surface area (Å²) in [6, 6.07) is 7.55. The summed E-state index contributed by atoms with van der Waals surface area (Å²) in [6.07, 6.45) is 9.09. The first-order valence-corrected chi connectivity index (χ1v) is 12.5. The fourth-order valence-electron chi connectivity index (χ4n) is 4.51. The van der Waals surface area contributed by atoms with E-state index in [1.807, 2.05) is 0 Å². The molecule has 2 aromatic rings. The Labute approximate surface area is 196 Å². The van der Waals surface area contributed by atoms with E-state index in [0.29, 0.717) is 5.03 Å². The molecule has 0 aliphatic heterocycles. The lowest BCUT2D eigenvalue weighted by molar-refractivity contribution is 0.0696. The van der Waals surface area contributed by atoms with Crippen LogP contribution in [0.3, 0.4) is 0 Å². The highest BCUT2D eigenvalue weighted by Crippen LogP contribution is 2.47. The van der Waals surface area contributed by atoms with E-state index in [0.717, 1.165) is 48.6 Å². The van der Waals surface area contributed by atoms with Crippen molar-refractivity contribution in [1.82, 2.24) is 4.98 Å². The van der Waals surface area contributed by atoms with Gasteiger partial charge in [0.25, 0.3) is 0 Å². The van der Waals surface area contributed by atoms with Gasteiger partial charge in [-0.1, -0.05) is 59.9 Å². The van der Waals surface area contributed by atoms with E-state index in [4.69, 9.17) is 5.11 Å². The van der Waals surface area contributed by atoms with Gasteiger partial charge in [0.1, 0.15) is 5.03 Å². The van der Waals surface area contributed by atoms with Crippen LogP contribution in [-0.2, 0) is 17.3 Å². The first-order valence-electron chi connectivity index (χ1n) is 11.6. The van der Waals surface area contributed by atoms with E-state index in [2.05, 4.69) is 51.7 Å². The Hall–Kier alpha value is -2.14. The average molecular weight is 454 g/mol. The number of carboxylic acids is 1. The quantitative estimate of drug-likeness (QED) is 0.338. The van der Waals surface area contributed by atoms with Crippen LogP contribution < -0.4 is 0 Å². The molecule has 1 aromatic carbocycles. The maximum atomic E-state index is 13.4. The summed E-state index contributed by atoms with van der Waals surface area (Å²) in [5.41, 5.74) is 4.83. The number of benzene rings is 1. The summed E-state index contributed by atoms with van der Waals surface area (Å²) in [4.78, 5) is 28.7. The smallest absolute Gasteiger partial charge is 0.337 e. The number of thioether (sulfide) groups is 1. The lowest BCUT2D eigenvalue weighted by atomic mass is 9.62. The van der Waals surface area contributed by atoms with Crippen LogP contribution in [0, 0.1) is 0 Å². The second-order valence-electron chi connectivity index (χ2n) is 10.2. The van der Waals surface area contributed by atoms with E-state index in [9.17, 15) is 9.59 Å². The van der Waals surface area contributed by atoms with Crippen LogP contribution >= 0.6 is 11.8 Å². The van der Waals surface area contributed by atoms with Crippen LogP contribution in [0.1, 0.15) is 111 Å². The van der Waals surface area contributed by atoms with Gasteiger partial charge in [-0.15, -0.1) is 0 Å². The van der Waals surface area contributed by atoms with Crippen molar-refractivity contribution in [3.8, 4) is 0 Å². The molecule has 3 rings (SSSR count). The zero-order valence-corrected chi connectivity index (χ0v) is 20.8. The van der Waals surface area contributed by atoms with Crippen LogP contribution in [0.5, 0.6) is 0 Å². The molecule has 4 nitrogen and oxygen atoms in total. The summed E-state index contributed by atoms with van der Waals surface area (Å²) >= 11 is 1.08. The lowest BCUT2D eigenvalue weighted by Gasteiger charge is -2.42. The Morgan fingerprint density at radius 2 is 1.66 bits per heavy atom. The molecule has 1 aliphatic rings. The Morgan fingerprint density at radius 3 is 2.22 bits per heavy atom. The molecule has 5 heteroatoms. The number of nitrogens with zero attached hydrogens (tertiary/aromatic N) is 1. The highest BCUT2D eigenvalue weighted by atomic mass is 32.2. The van der Waals surface area contributed by atoms with Gasteiger partial charge in [-0.3, -0.25) is 4.79 Å². The first-order chi connectivity index (χ1) is 15.0. The van der Waals surface area contributed by atoms with Crippen molar-refractivity contribution in [3.63, 3.8) is 0 Å². The van der Waals surface area contributed by atoms with Gasteiger partial charge in [0.15, 0.2) is 0 Å². The first kappa shape index (κ1) is 24.5. The second-order valence-corrected chi connectivity index (χ2v) is 11.2. The number of hydrogen-bond donors (Lipinski definition) is 1. The summed E-state index contributed by atoms with van der Waals surface area (Å²) in [5.74, 6) is -1.02. The molecule has 1 aromatic heterocycles. The maximum absolute atomic E-state index is 13.4. The van der Waals surface area contributed by atoms with Crippen LogP contribution in [0.2, 0.25) is 0 Å². The van der Waals surface area contributed by atoms with Crippen molar-refractivity contribution in [1.29, 1.82) is 0 Å². The zero-order valence-electron chi connectivity index (χ0n) is 20.0. The molecule has 0 amide bonds. The molecule has 0 bridgehead atoms. The zero-order chi connectivity index (χ0) is 23.5. The normalized spacial score (nSPS) is 16.4. The number of carboxylic acid groups (broad SMARTS) is 1. The molecule has 0 atom stereocenters. The largest absolute Gasteiger partial charge is 0.478 e. The highest BCUT2D eigenvalue weighted by molar-refractivity contribution is 8.14. The van der Waals surface area contributed by atoms with Crippen molar-refractivity contribution >= 4 is 22.8 Å². The van der Waals surface area contributed by atoms with Crippen LogP contribution in [0.25, 0.3) is 0 Å². The van der Waals surface area contributed by atoms with E-state index in [1.165, 1.54) is 42.7 Å². The number of rotatable bonds is 8. The van der Waals surface area contributed by atoms with Gasteiger partial charge < -0.3 is 5.11 Å². The minimum atomic E-state index is -1.02. The molecule has 0 saturated heterocycles. The molecule has 0 spiro atoms. The molecule has 0 saturated carbocycles. The SMILES string of the molecule is CCCCCCc1cc2c(cc1C(=O)Sc1ccc(C(=O)O)cn1)C(C)(C)CCC2(C)C. The van der Waals surface area contributed by atoms with Gasteiger partial charge >= 0.3 is 5.97 Å². The topological polar surface area (TPSA) is 67.3 Å². The molecule has 1 heterocycles. The van der Waals surface area contributed by atoms with Crippen LogP contribution in [-0.4, -0.2) is 21.2 Å². The third-order valence-corrected chi connectivity index (χ3v) is 7.63. The Morgan fingerprint density at radius 1 is 1.00 bits per heavy atom. The Kier molecular flexibility index (Phi) is 7.49. The third kappa shape index (κ3) is 5.43. The fraction of sp³-hybridized carbons (Fsp3) is 0.519. The van der Waals surface area contributed by atoms with Crippen molar-refractivity contribution in [2.45, 2.75) is 95.4 Å². The molecule has 32 heavy (non-hydrogen) atoms. The lowest BCUT2D eigenvalue weighted by Crippen LogP contribution is -2.34. The molecule has 1 N–H and O–H groups in total. The molecule has 0 fully saturated rings. The van der Waals surface area contributed by atoms with Crippen molar-refractivity contribution in [3.05, 3.63) is 58.3 Å². The molecule has 0 radical (unpaired) electrons. The number of aryl methyl sites for hydroxylation is 1. The van der Waals surface area contributed by atoms with Crippen LogP contribution in [0.15, 0.2) is 35.5 Å². The number of aromatic nitrogens is 1. The minimum Gasteiger partial charge on any atom is -0.478 e. The molecule has 0 unspecified atom stereocenters. The van der Waals surface area contributed by atoms with Gasteiger partial charge in [0.05, 0.1) is 5.56 Å². The summed E-state index contributed by atoms with van der Waals surface area (Å²) < 4.78 is 0. The number of pyridine rings is 1. The number of hydrogen-bond acceptors (Lipinski definition) is 4.